The van der Waals surface area contributed by atoms with Crippen LogP contribution in [0, 0.1) is 6.92 Å². The summed E-state index contributed by atoms with van der Waals surface area (Å²) in [6.07, 6.45) is 0. The molecule has 0 spiro atoms. The minimum absolute atomic E-state index is 0.709. The fourth-order valence-electron chi connectivity index (χ4n) is 1.05. The van der Waals surface area contributed by atoms with Gasteiger partial charge in [-0.15, -0.1) is 0 Å². The first-order valence-corrected chi connectivity index (χ1v) is 6.41. The number of halogens is 3. The normalized spacial score (nSPS) is 10.0. The molecule has 0 aliphatic heterocycles. The Morgan fingerprint density at radius 3 is 2.29 bits per heavy atom. The van der Waals surface area contributed by atoms with Crippen LogP contribution in [0.4, 0.5) is 5.69 Å². The summed E-state index contributed by atoms with van der Waals surface area (Å²) in [6.45, 7) is 6.54. The summed E-state index contributed by atoms with van der Waals surface area (Å²) in [7, 11) is 0. The lowest BCUT2D eigenvalue weighted by molar-refractivity contribution is 1.29. The minimum atomic E-state index is 0.709. The summed E-state index contributed by atoms with van der Waals surface area (Å²) in [6, 6.07) is 4.15. The molecule has 0 aliphatic carbocycles. The van der Waals surface area contributed by atoms with Gasteiger partial charge in [0.05, 0.1) is 5.69 Å². The topological polar surface area (TPSA) is 12.0 Å². The molecular formula is C10H10Br3N. The van der Waals surface area contributed by atoms with Crippen molar-refractivity contribution in [2.75, 3.05) is 11.9 Å². The summed E-state index contributed by atoms with van der Waals surface area (Å²) in [4.78, 5) is 0. The molecule has 4 heteroatoms. The van der Waals surface area contributed by atoms with Crippen molar-refractivity contribution in [2.24, 2.45) is 0 Å². The van der Waals surface area contributed by atoms with E-state index in [-0.39, 0.29) is 0 Å². The molecule has 1 nitrogen and oxygen atoms in total. The highest BCUT2D eigenvalue weighted by atomic mass is 79.9. The molecule has 0 fully saturated rings. The molecule has 0 amide bonds. The van der Waals surface area contributed by atoms with Crippen LogP contribution < -0.4 is 5.32 Å². The summed E-state index contributed by atoms with van der Waals surface area (Å²) in [5.41, 5.74) is 2.27. The van der Waals surface area contributed by atoms with Crippen molar-refractivity contribution >= 4 is 53.5 Å². The second-order valence-electron chi connectivity index (χ2n) is 2.97. The Kier molecular flexibility index (Phi) is 4.67. The molecule has 0 saturated heterocycles. The van der Waals surface area contributed by atoms with Crippen LogP contribution in [0.2, 0.25) is 0 Å². The van der Waals surface area contributed by atoms with Gasteiger partial charge in [0.15, 0.2) is 0 Å². The van der Waals surface area contributed by atoms with E-state index in [1.807, 2.05) is 0 Å². The fraction of sp³-hybridized carbons (Fsp3) is 0.200. The Morgan fingerprint density at radius 1 is 1.36 bits per heavy atom. The number of nitrogens with one attached hydrogen (secondary N) is 1. The molecule has 0 unspecified atom stereocenters. The van der Waals surface area contributed by atoms with E-state index in [0.717, 1.165) is 19.1 Å². The van der Waals surface area contributed by atoms with Gasteiger partial charge in [-0.05, 0) is 56.5 Å². The van der Waals surface area contributed by atoms with E-state index in [1.54, 1.807) is 0 Å². The maximum absolute atomic E-state index is 3.77. The highest BCUT2D eigenvalue weighted by Gasteiger charge is 2.05. The van der Waals surface area contributed by atoms with Crippen LogP contribution in [0.1, 0.15) is 5.56 Å². The van der Waals surface area contributed by atoms with Gasteiger partial charge in [0, 0.05) is 20.0 Å². The van der Waals surface area contributed by atoms with E-state index in [9.17, 15) is 0 Å². The Morgan fingerprint density at radius 2 is 1.86 bits per heavy atom. The van der Waals surface area contributed by atoms with Crippen molar-refractivity contribution < 1.29 is 0 Å². The Labute approximate surface area is 109 Å². The van der Waals surface area contributed by atoms with Crippen molar-refractivity contribution in [3.05, 3.63) is 37.7 Å². The summed E-state index contributed by atoms with van der Waals surface area (Å²) in [5.74, 6) is 0. The number of hydrogen-bond donors (Lipinski definition) is 1. The van der Waals surface area contributed by atoms with E-state index >= 15 is 0 Å². The van der Waals surface area contributed by atoms with Gasteiger partial charge in [-0.25, -0.2) is 0 Å². The van der Waals surface area contributed by atoms with Gasteiger partial charge in [-0.3, -0.25) is 0 Å². The Balaban J connectivity index is 2.91. The second-order valence-corrected chi connectivity index (χ2v) is 5.80. The molecule has 0 bridgehead atoms. The molecule has 1 rings (SSSR count). The van der Waals surface area contributed by atoms with Gasteiger partial charge < -0.3 is 5.32 Å². The molecule has 0 atom stereocenters. The van der Waals surface area contributed by atoms with Gasteiger partial charge in [0.25, 0.3) is 0 Å². The third kappa shape index (κ3) is 3.41. The fourth-order valence-corrected chi connectivity index (χ4v) is 2.89. The molecule has 0 heterocycles. The zero-order chi connectivity index (χ0) is 10.7. The van der Waals surface area contributed by atoms with Crippen molar-refractivity contribution in [1.82, 2.24) is 0 Å². The second kappa shape index (κ2) is 5.33. The quantitative estimate of drug-likeness (QED) is 0.787. The van der Waals surface area contributed by atoms with E-state index in [0.29, 0.717) is 6.54 Å². The molecular weight excluding hydrogens is 374 g/mol. The standard InChI is InChI=1S/C10H10Br3N/c1-6-3-8(12)10(9(13)4-6)14-5-7(2)11/h3-4,14H,2,5H2,1H3. The number of hydrogen-bond acceptors (Lipinski definition) is 1. The highest BCUT2D eigenvalue weighted by molar-refractivity contribution is 9.11. The Bertz CT molecular complexity index is 337. The Hall–Kier alpha value is 0.200. The third-order valence-corrected chi connectivity index (χ3v) is 3.17. The minimum Gasteiger partial charge on any atom is -0.379 e. The molecule has 14 heavy (non-hydrogen) atoms. The van der Waals surface area contributed by atoms with Gasteiger partial charge >= 0.3 is 0 Å². The van der Waals surface area contributed by atoms with Crippen LogP contribution >= 0.6 is 47.8 Å². The predicted octanol–water partition coefficient (Wildman–Crippen LogP) is 4.84. The van der Waals surface area contributed by atoms with Gasteiger partial charge in [0.1, 0.15) is 0 Å². The van der Waals surface area contributed by atoms with Crippen molar-refractivity contribution in [3.8, 4) is 0 Å². The van der Waals surface area contributed by atoms with Crippen molar-refractivity contribution in [3.63, 3.8) is 0 Å². The number of aryl methyl sites for hydroxylation is 1. The van der Waals surface area contributed by atoms with E-state index in [2.05, 4.69) is 78.7 Å². The average Bonchev–Trinajstić information content (AvgIpc) is 2.01. The summed E-state index contributed by atoms with van der Waals surface area (Å²) in [5, 5.41) is 3.27. The molecule has 1 N–H and O–H groups in total. The van der Waals surface area contributed by atoms with Crippen LogP contribution in [0.3, 0.4) is 0 Å². The summed E-state index contributed by atoms with van der Waals surface area (Å²) < 4.78 is 3.04. The van der Waals surface area contributed by atoms with E-state index in [1.165, 1.54) is 5.56 Å². The van der Waals surface area contributed by atoms with Gasteiger partial charge in [-0.1, -0.05) is 22.5 Å². The monoisotopic (exact) mass is 381 g/mol. The molecule has 1 aromatic rings. The molecule has 0 radical (unpaired) electrons. The SMILES string of the molecule is C=C(Br)CNc1c(Br)cc(C)cc1Br. The zero-order valence-corrected chi connectivity index (χ0v) is 12.5. The molecule has 0 saturated carbocycles. The van der Waals surface area contributed by atoms with Crippen LogP contribution in [-0.4, -0.2) is 6.54 Å². The maximum Gasteiger partial charge on any atom is 0.0632 e. The molecule has 0 aliphatic rings. The van der Waals surface area contributed by atoms with Gasteiger partial charge in [-0.2, -0.15) is 0 Å². The number of benzene rings is 1. The predicted molar refractivity (Wildman–Crippen MR) is 73.1 cm³/mol. The molecule has 76 valence electrons. The number of rotatable bonds is 3. The first-order valence-electron chi connectivity index (χ1n) is 4.03. The van der Waals surface area contributed by atoms with Crippen molar-refractivity contribution in [2.45, 2.75) is 6.92 Å². The van der Waals surface area contributed by atoms with Crippen LogP contribution in [0.25, 0.3) is 0 Å². The first kappa shape index (κ1) is 12.3. The van der Waals surface area contributed by atoms with Crippen LogP contribution in [0.5, 0.6) is 0 Å². The first-order chi connectivity index (χ1) is 6.50. The van der Waals surface area contributed by atoms with Crippen LogP contribution in [-0.2, 0) is 0 Å². The zero-order valence-electron chi connectivity index (χ0n) is 7.70. The molecule has 1 aromatic carbocycles. The lowest BCUT2D eigenvalue weighted by atomic mass is 10.2. The third-order valence-electron chi connectivity index (χ3n) is 1.64. The maximum atomic E-state index is 3.77. The smallest absolute Gasteiger partial charge is 0.0632 e. The number of anilines is 1. The summed E-state index contributed by atoms with van der Waals surface area (Å²) >= 11 is 10.3. The largest absolute Gasteiger partial charge is 0.379 e. The van der Waals surface area contributed by atoms with Crippen LogP contribution in [0.15, 0.2) is 32.1 Å². The van der Waals surface area contributed by atoms with Gasteiger partial charge in [0.2, 0.25) is 0 Å². The van der Waals surface area contributed by atoms with E-state index < -0.39 is 0 Å². The lowest BCUT2D eigenvalue weighted by Gasteiger charge is -2.11. The molecule has 0 aromatic heterocycles. The van der Waals surface area contributed by atoms with Crippen molar-refractivity contribution in [1.29, 1.82) is 0 Å². The average molecular weight is 384 g/mol. The highest BCUT2D eigenvalue weighted by Crippen LogP contribution is 2.32. The van der Waals surface area contributed by atoms with E-state index in [4.69, 9.17) is 0 Å². The lowest BCUT2D eigenvalue weighted by Crippen LogP contribution is -2.02.